The number of aliphatic carboxylic acids is 1. The van der Waals surface area contributed by atoms with E-state index in [9.17, 15) is 4.79 Å². The lowest BCUT2D eigenvalue weighted by Gasteiger charge is -2.01. The maximum absolute atomic E-state index is 10.4. The van der Waals surface area contributed by atoms with Gasteiger partial charge in [-0.3, -0.25) is 4.79 Å². The van der Waals surface area contributed by atoms with E-state index in [0.717, 1.165) is 5.69 Å². The Bertz CT molecular complexity index is 345. The van der Waals surface area contributed by atoms with Crippen LogP contribution in [0, 0.1) is 0 Å². The van der Waals surface area contributed by atoms with Crippen molar-refractivity contribution in [1.82, 2.24) is 4.98 Å². The number of hydrogen-bond acceptors (Lipinski definition) is 4. The molecule has 1 fully saturated rings. The largest absolute Gasteiger partial charge is 0.481 e. The predicted molar refractivity (Wildman–Crippen MR) is 62.5 cm³/mol. The summed E-state index contributed by atoms with van der Waals surface area (Å²) in [5.74, 6) is 0.481. The number of carboxylic acids is 1. The molecule has 82 valence electrons. The Kier molecular flexibility index (Phi) is 3.64. The quantitative estimate of drug-likeness (QED) is 0.883. The normalized spacial score (nSPS) is 20.7. The molecule has 1 saturated heterocycles. The van der Waals surface area contributed by atoms with E-state index in [4.69, 9.17) is 5.11 Å². The molecule has 5 heteroatoms. The smallest absolute Gasteiger partial charge is 0.303 e. The highest BCUT2D eigenvalue weighted by molar-refractivity contribution is 7.99. The highest BCUT2D eigenvalue weighted by Crippen LogP contribution is 2.40. The van der Waals surface area contributed by atoms with Crippen molar-refractivity contribution in [2.75, 3.05) is 5.75 Å². The first-order chi connectivity index (χ1) is 7.25. The Morgan fingerprint density at radius 1 is 1.67 bits per heavy atom. The van der Waals surface area contributed by atoms with Gasteiger partial charge in [-0.25, -0.2) is 4.98 Å². The molecular weight excluding hydrogens is 230 g/mol. The second-order valence-corrected chi connectivity index (χ2v) is 5.77. The Hall–Kier alpha value is -0.550. The number of rotatable bonds is 4. The molecule has 1 aromatic rings. The van der Waals surface area contributed by atoms with Gasteiger partial charge in [-0.15, -0.1) is 11.3 Å². The lowest BCUT2D eigenvalue weighted by molar-refractivity contribution is -0.136. The molecule has 15 heavy (non-hydrogen) atoms. The van der Waals surface area contributed by atoms with Crippen LogP contribution in [0.15, 0.2) is 5.38 Å². The molecule has 1 atom stereocenters. The lowest BCUT2D eigenvalue weighted by atomic mass is 10.2. The Labute approximate surface area is 96.9 Å². The molecule has 0 saturated carbocycles. The van der Waals surface area contributed by atoms with Gasteiger partial charge in [0.25, 0.3) is 0 Å². The summed E-state index contributed by atoms with van der Waals surface area (Å²) in [6.07, 6.45) is 3.24. The monoisotopic (exact) mass is 243 g/mol. The molecule has 3 nitrogen and oxygen atoms in total. The number of aryl methyl sites for hydroxylation is 1. The van der Waals surface area contributed by atoms with Gasteiger partial charge in [0.1, 0.15) is 5.01 Å². The topological polar surface area (TPSA) is 50.2 Å². The van der Waals surface area contributed by atoms with E-state index < -0.39 is 5.97 Å². The van der Waals surface area contributed by atoms with Gasteiger partial charge in [0.15, 0.2) is 0 Å². The van der Waals surface area contributed by atoms with Gasteiger partial charge < -0.3 is 5.11 Å². The zero-order valence-electron chi connectivity index (χ0n) is 8.31. The van der Waals surface area contributed by atoms with Crippen molar-refractivity contribution >= 4 is 29.1 Å². The van der Waals surface area contributed by atoms with Crippen LogP contribution >= 0.6 is 23.1 Å². The molecule has 2 rings (SSSR count). The van der Waals surface area contributed by atoms with E-state index in [-0.39, 0.29) is 6.42 Å². The van der Waals surface area contributed by atoms with E-state index in [2.05, 4.69) is 4.98 Å². The highest BCUT2D eigenvalue weighted by Gasteiger charge is 2.20. The summed E-state index contributed by atoms with van der Waals surface area (Å²) in [4.78, 5) is 14.9. The standard InChI is InChI=1S/C10H13NO2S2/c12-9(13)4-3-7-6-15-10(11-7)8-2-1-5-14-8/h6,8H,1-5H2,(H,12,13). The molecule has 1 aliphatic rings. The van der Waals surface area contributed by atoms with Crippen LogP contribution in [0.4, 0.5) is 0 Å². The Morgan fingerprint density at radius 2 is 2.53 bits per heavy atom. The number of nitrogens with zero attached hydrogens (tertiary/aromatic N) is 1. The van der Waals surface area contributed by atoms with Crippen LogP contribution in [0.5, 0.6) is 0 Å². The van der Waals surface area contributed by atoms with Crippen molar-refractivity contribution < 1.29 is 9.90 Å². The van der Waals surface area contributed by atoms with Crippen molar-refractivity contribution in [2.24, 2.45) is 0 Å². The van der Waals surface area contributed by atoms with Crippen molar-refractivity contribution in [1.29, 1.82) is 0 Å². The third-order valence-corrected chi connectivity index (χ3v) is 4.91. The molecular formula is C10H13NO2S2. The summed E-state index contributed by atoms with van der Waals surface area (Å²) in [5, 5.41) is 12.3. The molecule has 0 bridgehead atoms. The zero-order valence-corrected chi connectivity index (χ0v) is 9.94. The zero-order chi connectivity index (χ0) is 10.7. The van der Waals surface area contributed by atoms with Crippen LogP contribution in [0.1, 0.15) is 35.2 Å². The number of thiazole rings is 1. The van der Waals surface area contributed by atoms with Gasteiger partial charge in [-0.2, -0.15) is 11.8 Å². The summed E-state index contributed by atoms with van der Waals surface area (Å²) in [5.41, 5.74) is 0.935. The number of aromatic nitrogens is 1. The van der Waals surface area contributed by atoms with Gasteiger partial charge in [0.2, 0.25) is 0 Å². The molecule has 1 aromatic heterocycles. The molecule has 1 N–H and O–H groups in total. The van der Waals surface area contributed by atoms with Crippen molar-refractivity contribution in [3.63, 3.8) is 0 Å². The Morgan fingerprint density at radius 3 is 3.20 bits per heavy atom. The lowest BCUT2D eigenvalue weighted by Crippen LogP contribution is -1.98. The fraction of sp³-hybridized carbons (Fsp3) is 0.600. The maximum atomic E-state index is 10.4. The van der Waals surface area contributed by atoms with E-state index in [0.29, 0.717) is 11.7 Å². The number of carboxylic acid groups (broad SMARTS) is 1. The van der Waals surface area contributed by atoms with Gasteiger partial charge in [-0.1, -0.05) is 0 Å². The van der Waals surface area contributed by atoms with Crippen LogP contribution in [-0.2, 0) is 11.2 Å². The van der Waals surface area contributed by atoms with E-state index in [1.165, 1.54) is 23.6 Å². The van der Waals surface area contributed by atoms with Gasteiger partial charge in [0.05, 0.1) is 17.4 Å². The van der Waals surface area contributed by atoms with Gasteiger partial charge in [0, 0.05) is 11.8 Å². The first-order valence-corrected chi connectivity index (χ1v) is 6.96. The molecule has 0 aliphatic carbocycles. The van der Waals surface area contributed by atoms with Gasteiger partial charge in [-0.05, 0) is 18.6 Å². The molecule has 0 aromatic carbocycles. The molecule has 1 unspecified atom stereocenters. The third kappa shape index (κ3) is 2.95. The summed E-state index contributed by atoms with van der Waals surface area (Å²) in [6, 6.07) is 0. The van der Waals surface area contributed by atoms with Crippen molar-refractivity contribution in [3.05, 3.63) is 16.1 Å². The van der Waals surface area contributed by atoms with Crippen LogP contribution in [0.3, 0.4) is 0 Å². The molecule has 2 heterocycles. The number of thioether (sulfide) groups is 1. The average molecular weight is 243 g/mol. The molecule has 1 aliphatic heterocycles. The fourth-order valence-electron chi connectivity index (χ4n) is 1.59. The predicted octanol–water partition coefficient (Wildman–Crippen LogP) is 2.73. The van der Waals surface area contributed by atoms with Crippen LogP contribution < -0.4 is 0 Å². The molecule has 0 spiro atoms. The summed E-state index contributed by atoms with van der Waals surface area (Å²) in [6.45, 7) is 0. The summed E-state index contributed by atoms with van der Waals surface area (Å²) in [7, 11) is 0. The van der Waals surface area contributed by atoms with Crippen molar-refractivity contribution in [2.45, 2.75) is 30.9 Å². The summed E-state index contributed by atoms with van der Waals surface area (Å²) >= 11 is 3.64. The molecule has 0 radical (unpaired) electrons. The van der Waals surface area contributed by atoms with Crippen LogP contribution in [0.25, 0.3) is 0 Å². The maximum Gasteiger partial charge on any atom is 0.303 e. The highest BCUT2D eigenvalue weighted by atomic mass is 32.2. The third-order valence-electron chi connectivity index (χ3n) is 2.37. The van der Waals surface area contributed by atoms with Crippen molar-refractivity contribution in [3.8, 4) is 0 Å². The minimum absolute atomic E-state index is 0.182. The van der Waals surface area contributed by atoms with Gasteiger partial charge >= 0.3 is 5.97 Å². The second kappa shape index (κ2) is 4.99. The van der Waals surface area contributed by atoms with E-state index in [1.807, 2.05) is 17.1 Å². The molecule has 0 amide bonds. The van der Waals surface area contributed by atoms with E-state index in [1.54, 1.807) is 11.3 Å². The second-order valence-electron chi connectivity index (χ2n) is 3.57. The van der Waals surface area contributed by atoms with E-state index >= 15 is 0 Å². The number of carbonyl (C=O) groups is 1. The minimum atomic E-state index is -0.750. The minimum Gasteiger partial charge on any atom is -0.481 e. The first-order valence-electron chi connectivity index (χ1n) is 5.03. The first kappa shape index (κ1) is 11.0. The van der Waals surface area contributed by atoms with Crippen LogP contribution in [0.2, 0.25) is 0 Å². The SMILES string of the molecule is O=C(O)CCc1csc(C2CCCS2)n1. The Balaban J connectivity index is 1.94. The average Bonchev–Trinajstić information content (AvgIpc) is 2.85. The summed E-state index contributed by atoms with van der Waals surface area (Å²) < 4.78 is 0. The number of hydrogen-bond donors (Lipinski definition) is 1. The van der Waals surface area contributed by atoms with Crippen LogP contribution in [-0.4, -0.2) is 21.8 Å². The fourth-order valence-corrected chi connectivity index (χ4v) is 3.98.